The van der Waals surface area contributed by atoms with Gasteiger partial charge in [0.05, 0.1) is 10.7 Å². The number of hydrogen-bond donors (Lipinski definition) is 1. The highest BCUT2D eigenvalue weighted by Gasteiger charge is 2.18. The largest absolute Gasteiger partial charge is 0.351 e. The molecule has 20 heavy (non-hydrogen) atoms. The highest BCUT2D eigenvalue weighted by molar-refractivity contribution is 6.33. The van der Waals surface area contributed by atoms with Gasteiger partial charge in [-0.15, -0.1) is 0 Å². The summed E-state index contributed by atoms with van der Waals surface area (Å²) in [6, 6.07) is 7.11. The number of para-hydroxylation sites is 1. The molecule has 0 heterocycles. The Morgan fingerprint density at radius 2 is 1.85 bits per heavy atom. The summed E-state index contributed by atoms with van der Waals surface area (Å²) in [5.41, 5.74) is 0.355. The Balaban J connectivity index is 2.73. The third kappa shape index (κ3) is 5.21. The number of nitrogens with one attached hydrogen (secondary N) is 1. The lowest BCUT2D eigenvalue weighted by Crippen LogP contribution is -2.42. The number of carbonyl (C=O) groups excluding carboxylic acids is 2. The van der Waals surface area contributed by atoms with Crippen molar-refractivity contribution in [2.24, 2.45) is 0 Å². The zero-order valence-corrected chi connectivity index (χ0v) is 13.1. The molecule has 0 atom stereocenters. The fraction of sp³-hybridized carbons (Fsp3) is 0.467. The van der Waals surface area contributed by atoms with Crippen LogP contribution in [0.4, 0.5) is 5.69 Å². The Morgan fingerprint density at radius 1 is 1.25 bits per heavy atom. The fourth-order valence-electron chi connectivity index (χ4n) is 1.81. The van der Waals surface area contributed by atoms with Crippen LogP contribution in [0.3, 0.4) is 0 Å². The lowest BCUT2D eigenvalue weighted by Gasteiger charge is -2.24. The summed E-state index contributed by atoms with van der Waals surface area (Å²) < 4.78 is 0. The van der Waals surface area contributed by atoms with Gasteiger partial charge in [0.15, 0.2) is 0 Å². The second-order valence-corrected chi connectivity index (χ2v) is 6.08. The lowest BCUT2D eigenvalue weighted by molar-refractivity contribution is -0.122. The summed E-state index contributed by atoms with van der Waals surface area (Å²) in [4.78, 5) is 25.1. The molecule has 4 nitrogen and oxygen atoms in total. The van der Waals surface area contributed by atoms with Gasteiger partial charge in [0.2, 0.25) is 11.8 Å². The van der Waals surface area contributed by atoms with E-state index in [0.29, 0.717) is 17.3 Å². The molecule has 0 unspecified atom stereocenters. The van der Waals surface area contributed by atoms with Crippen LogP contribution >= 0.6 is 11.6 Å². The van der Waals surface area contributed by atoms with E-state index in [0.717, 1.165) is 0 Å². The van der Waals surface area contributed by atoms with Crippen molar-refractivity contribution in [2.45, 2.75) is 39.7 Å². The van der Waals surface area contributed by atoms with Crippen molar-refractivity contribution in [1.29, 1.82) is 0 Å². The predicted molar refractivity (Wildman–Crippen MR) is 82.0 cm³/mol. The van der Waals surface area contributed by atoms with Gasteiger partial charge in [0.25, 0.3) is 0 Å². The highest BCUT2D eigenvalue weighted by atomic mass is 35.5. The third-order valence-corrected chi connectivity index (χ3v) is 2.92. The maximum atomic E-state index is 11.8. The van der Waals surface area contributed by atoms with Gasteiger partial charge in [-0.2, -0.15) is 0 Å². The molecule has 1 aromatic carbocycles. The standard InChI is InChI=1S/C15H21ClN2O2/c1-11(19)18(13-8-6-5-7-12(13)16)10-9-14(20)17-15(2,3)4/h5-8H,9-10H2,1-4H3,(H,17,20). The number of benzene rings is 1. The molecular formula is C15H21ClN2O2. The number of halogens is 1. The molecule has 0 aliphatic heterocycles. The molecule has 5 heteroatoms. The first-order valence-electron chi connectivity index (χ1n) is 6.54. The van der Waals surface area contributed by atoms with E-state index >= 15 is 0 Å². The van der Waals surface area contributed by atoms with Crippen LogP contribution in [-0.2, 0) is 9.59 Å². The molecule has 0 spiro atoms. The van der Waals surface area contributed by atoms with Gasteiger partial charge in [0.1, 0.15) is 0 Å². The van der Waals surface area contributed by atoms with Gasteiger partial charge < -0.3 is 10.2 Å². The van der Waals surface area contributed by atoms with E-state index < -0.39 is 0 Å². The second-order valence-electron chi connectivity index (χ2n) is 5.67. The normalized spacial score (nSPS) is 11.1. The zero-order valence-electron chi connectivity index (χ0n) is 12.4. The first-order valence-corrected chi connectivity index (χ1v) is 6.92. The summed E-state index contributed by atoms with van der Waals surface area (Å²) in [5, 5.41) is 3.37. The lowest BCUT2D eigenvalue weighted by atomic mass is 10.1. The van der Waals surface area contributed by atoms with E-state index in [1.165, 1.54) is 11.8 Å². The van der Waals surface area contributed by atoms with Gasteiger partial charge in [-0.05, 0) is 32.9 Å². The predicted octanol–water partition coefficient (Wildman–Crippen LogP) is 3.00. The quantitative estimate of drug-likeness (QED) is 0.928. The van der Waals surface area contributed by atoms with Crippen LogP contribution in [0.1, 0.15) is 34.1 Å². The molecule has 0 aliphatic rings. The zero-order chi connectivity index (χ0) is 15.3. The Morgan fingerprint density at radius 3 is 2.35 bits per heavy atom. The van der Waals surface area contributed by atoms with E-state index in [9.17, 15) is 9.59 Å². The van der Waals surface area contributed by atoms with Crippen molar-refractivity contribution >= 4 is 29.1 Å². The summed E-state index contributed by atoms with van der Waals surface area (Å²) in [6.07, 6.45) is 0.238. The van der Waals surface area contributed by atoms with Crippen molar-refractivity contribution in [3.8, 4) is 0 Å². The Hall–Kier alpha value is -1.55. The van der Waals surface area contributed by atoms with Crippen molar-refractivity contribution in [3.05, 3.63) is 29.3 Å². The summed E-state index contributed by atoms with van der Waals surface area (Å²) in [5.74, 6) is -0.225. The van der Waals surface area contributed by atoms with Crippen LogP contribution in [0.25, 0.3) is 0 Å². The molecule has 1 N–H and O–H groups in total. The Kier molecular flexibility index (Phi) is 5.57. The number of rotatable bonds is 4. The Labute approximate surface area is 125 Å². The van der Waals surface area contributed by atoms with E-state index in [4.69, 9.17) is 11.6 Å². The van der Waals surface area contributed by atoms with Gasteiger partial charge in [0, 0.05) is 25.4 Å². The summed E-state index contributed by atoms with van der Waals surface area (Å²) in [7, 11) is 0. The number of anilines is 1. The van der Waals surface area contributed by atoms with Crippen LogP contribution in [0.2, 0.25) is 5.02 Å². The molecule has 0 bridgehead atoms. The van der Waals surface area contributed by atoms with Crippen molar-refractivity contribution in [1.82, 2.24) is 5.32 Å². The molecule has 0 radical (unpaired) electrons. The summed E-state index contributed by atoms with van der Waals surface area (Å²) >= 11 is 6.09. The van der Waals surface area contributed by atoms with Crippen LogP contribution in [-0.4, -0.2) is 23.9 Å². The van der Waals surface area contributed by atoms with Gasteiger partial charge in [-0.1, -0.05) is 23.7 Å². The molecular weight excluding hydrogens is 276 g/mol. The molecule has 0 aliphatic carbocycles. The molecule has 1 aromatic rings. The SMILES string of the molecule is CC(=O)N(CCC(=O)NC(C)(C)C)c1ccccc1Cl. The smallest absolute Gasteiger partial charge is 0.223 e. The molecule has 0 saturated heterocycles. The van der Waals surface area contributed by atoms with Crippen molar-refractivity contribution in [3.63, 3.8) is 0 Å². The van der Waals surface area contributed by atoms with E-state index in [1.54, 1.807) is 18.2 Å². The highest BCUT2D eigenvalue weighted by Crippen LogP contribution is 2.25. The third-order valence-electron chi connectivity index (χ3n) is 2.60. The van der Waals surface area contributed by atoms with Crippen LogP contribution < -0.4 is 10.2 Å². The average Bonchev–Trinajstić information content (AvgIpc) is 2.28. The van der Waals surface area contributed by atoms with E-state index in [2.05, 4.69) is 5.32 Å². The van der Waals surface area contributed by atoms with Crippen molar-refractivity contribution < 1.29 is 9.59 Å². The molecule has 0 fully saturated rings. The fourth-order valence-corrected chi connectivity index (χ4v) is 2.05. The first-order chi connectivity index (χ1) is 9.20. The molecule has 2 amide bonds. The van der Waals surface area contributed by atoms with E-state index in [-0.39, 0.29) is 23.8 Å². The van der Waals surface area contributed by atoms with E-state index in [1.807, 2.05) is 26.8 Å². The Bertz CT molecular complexity index is 495. The summed E-state index contributed by atoms with van der Waals surface area (Å²) in [6.45, 7) is 7.52. The number of carbonyl (C=O) groups is 2. The topological polar surface area (TPSA) is 49.4 Å². The van der Waals surface area contributed by atoms with Crippen LogP contribution in [0, 0.1) is 0 Å². The number of hydrogen-bond acceptors (Lipinski definition) is 2. The molecule has 0 aromatic heterocycles. The number of nitrogens with zero attached hydrogens (tertiary/aromatic N) is 1. The second kappa shape index (κ2) is 6.75. The maximum absolute atomic E-state index is 11.8. The average molecular weight is 297 g/mol. The minimum atomic E-state index is -0.275. The monoisotopic (exact) mass is 296 g/mol. The molecule has 1 rings (SSSR count). The number of amides is 2. The van der Waals surface area contributed by atoms with Crippen molar-refractivity contribution in [2.75, 3.05) is 11.4 Å². The van der Waals surface area contributed by atoms with Gasteiger partial charge in [-0.25, -0.2) is 0 Å². The van der Waals surface area contributed by atoms with Crippen LogP contribution in [0.5, 0.6) is 0 Å². The molecule has 110 valence electrons. The molecule has 0 saturated carbocycles. The minimum Gasteiger partial charge on any atom is -0.351 e. The maximum Gasteiger partial charge on any atom is 0.223 e. The first kappa shape index (κ1) is 16.5. The van der Waals surface area contributed by atoms with Gasteiger partial charge >= 0.3 is 0 Å². The van der Waals surface area contributed by atoms with Crippen LogP contribution in [0.15, 0.2) is 24.3 Å². The van der Waals surface area contributed by atoms with Gasteiger partial charge in [-0.3, -0.25) is 9.59 Å². The minimum absolute atomic E-state index is 0.0872.